The van der Waals surface area contributed by atoms with E-state index in [1.165, 1.54) is 0 Å². The van der Waals surface area contributed by atoms with E-state index < -0.39 is 29.6 Å². The van der Waals surface area contributed by atoms with Crippen LogP contribution in [-0.2, 0) is 19.1 Å². The van der Waals surface area contributed by atoms with Crippen LogP contribution in [0.5, 0.6) is 0 Å². The van der Waals surface area contributed by atoms with Crippen molar-refractivity contribution >= 4 is 18.0 Å². The minimum atomic E-state index is -1.46. The second kappa shape index (κ2) is 9.00. The molecule has 168 valence electrons. The first-order valence-corrected chi connectivity index (χ1v) is 10.7. The summed E-state index contributed by atoms with van der Waals surface area (Å²) in [7, 11) is 0. The van der Waals surface area contributed by atoms with Gasteiger partial charge >= 0.3 is 12.1 Å². The van der Waals surface area contributed by atoms with Crippen molar-refractivity contribution in [3.05, 3.63) is 59.7 Å². The summed E-state index contributed by atoms with van der Waals surface area (Å²) in [6.07, 6.45) is -0.261. The van der Waals surface area contributed by atoms with Crippen molar-refractivity contribution in [1.82, 2.24) is 10.6 Å². The molecule has 0 saturated carbocycles. The lowest BCUT2D eigenvalue weighted by Crippen LogP contribution is -2.59. The third kappa shape index (κ3) is 4.05. The number of aliphatic carboxylic acids is 1. The molecular weight excluding hydrogens is 412 g/mol. The van der Waals surface area contributed by atoms with Crippen molar-refractivity contribution in [2.75, 3.05) is 19.8 Å². The maximum atomic E-state index is 12.7. The molecule has 0 spiro atoms. The molecule has 8 nitrogen and oxygen atoms in total. The fourth-order valence-electron chi connectivity index (χ4n) is 4.34. The molecule has 0 bridgehead atoms. The van der Waals surface area contributed by atoms with Crippen LogP contribution in [0.2, 0.25) is 0 Å². The Labute approximate surface area is 185 Å². The van der Waals surface area contributed by atoms with Gasteiger partial charge < -0.3 is 25.2 Å². The largest absolute Gasteiger partial charge is 0.479 e. The number of rotatable bonds is 7. The summed E-state index contributed by atoms with van der Waals surface area (Å²) in [5, 5.41) is 14.6. The number of amides is 2. The molecule has 1 fully saturated rings. The van der Waals surface area contributed by atoms with E-state index in [1.807, 2.05) is 36.4 Å². The standard InChI is InChI=1S/C24H26N2O6/c1-2-20(21(27)26-24(22(28)29)11-12-31-14-24)25-23(30)32-13-19-17-9-5-3-7-15(17)16-8-4-6-10-18(16)19/h3-10,19-20H,2,11-14H2,1H3,(H,25,30)(H,26,27)(H,28,29)/t20-,24?/m0/s1. The highest BCUT2D eigenvalue weighted by Gasteiger charge is 2.45. The van der Waals surface area contributed by atoms with Gasteiger partial charge in [0.2, 0.25) is 5.91 Å². The SMILES string of the molecule is CC[C@H](NC(=O)OCC1c2ccccc2-c2ccccc21)C(=O)NC1(C(=O)O)CCOC1. The van der Waals surface area contributed by atoms with Gasteiger partial charge in [0, 0.05) is 18.9 Å². The molecule has 1 heterocycles. The zero-order valence-electron chi connectivity index (χ0n) is 17.8. The highest BCUT2D eigenvalue weighted by atomic mass is 16.5. The first kappa shape index (κ1) is 21.8. The summed E-state index contributed by atoms with van der Waals surface area (Å²) in [5.74, 6) is -1.82. The van der Waals surface area contributed by atoms with Crippen molar-refractivity contribution in [3.63, 3.8) is 0 Å². The molecule has 1 aliphatic heterocycles. The third-order valence-electron chi connectivity index (χ3n) is 6.15. The van der Waals surface area contributed by atoms with Gasteiger partial charge in [0.05, 0.1) is 6.61 Å². The number of carbonyl (C=O) groups is 3. The van der Waals surface area contributed by atoms with E-state index in [-0.39, 0.29) is 38.6 Å². The van der Waals surface area contributed by atoms with Crippen LogP contribution >= 0.6 is 0 Å². The predicted molar refractivity (Wildman–Crippen MR) is 116 cm³/mol. The van der Waals surface area contributed by atoms with Crippen LogP contribution < -0.4 is 10.6 Å². The van der Waals surface area contributed by atoms with Gasteiger partial charge in [0.25, 0.3) is 0 Å². The fourth-order valence-corrected chi connectivity index (χ4v) is 4.34. The van der Waals surface area contributed by atoms with Crippen LogP contribution in [0.4, 0.5) is 4.79 Å². The highest BCUT2D eigenvalue weighted by Crippen LogP contribution is 2.44. The lowest BCUT2D eigenvalue weighted by Gasteiger charge is -2.26. The lowest BCUT2D eigenvalue weighted by atomic mass is 9.98. The van der Waals surface area contributed by atoms with E-state index in [1.54, 1.807) is 6.92 Å². The second-order valence-corrected chi connectivity index (χ2v) is 8.11. The first-order valence-electron chi connectivity index (χ1n) is 10.7. The average Bonchev–Trinajstić information content (AvgIpc) is 3.40. The minimum absolute atomic E-state index is 0.0898. The normalized spacial score (nSPS) is 20.2. The maximum Gasteiger partial charge on any atom is 0.407 e. The van der Waals surface area contributed by atoms with Crippen LogP contribution in [0.1, 0.15) is 36.8 Å². The van der Waals surface area contributed by atoms with Crippen molar-refractivity contribution in [2.45, 2.75) is 37.3 Å². The maximum absolute atomic E-state index is 12.7. The van der Waals surface area contributed by atoms with Crippen molar-refractivity contribution in [3.8, 4) is 11.1 Å². The van der Waals surface area contributed by atoms with Gasteiger partial charge in [0.15, 0.2) is 5.54 Å². The van der Waals surface area contributed by atoms with E-state index >= 15 is 0 Å². The van der Waals surface area contributed by atoms with Crippen LogP contribution in [0.3, 0.4) is 0 Å². The van der Waals surface area contributed by atoms with E-state index in [9.17, 15) is 19.5 Å². The number of alkyl carbamates (subject to hydrolysis) is 1. The van der Waals surface area contributed by atoms with Crippen LogP contribution in [0.15, 0.2) is 48.5 Å². The molecule has 2 atom stereocenters. The topological polar surface area (TPSA) is 114 Å². The molecule has 2 aromatic rings. The Hall–Kier alpha value is -3.39. The third-order valence-corrected chi connectivity index (χ3v) is 6.15. The Morgan fingerprint density at radius 2 is 1.75 bits per heavy atom. The Morgan fingerprint density at radius 3 is 2.28 bits per heavy atom. The summed E-state index contributed by atoms with van der Waals surface area (Å²) >= 11 is 0. The smallest absolute Gasteiger partial charge is 0.407 e. The monoisotopic (exact) mass is 438 g/mol. The molecule has 2 amide bonds. The molecule has 1 saturated heterocycles. The summed E-state index contributed by atoms with van der Waals surface area (Å²) in [5.41, 5.74) is 2.97. The first-order chi connectivity index (χ1) is 15.4. The van der Waals surface area contributed by atoms with Crippen LogP contribution in [-0.4, -0.2) is 54.5 Å². The van der Waals surface area contributed by atoms with Crippen molar-refractivity contribution < 1.29 is 29.0 Å². The van der Waals surface area contributed by atoms with Crippen LogP contribution in [0, 0.1) is 0 Å². The van der Waals surface area contributed by atoms with Gasteiger partial charge in [-0.2, -0.15) is 0 Å². The molecular formula is C24H26N2O6. The summed E-state index contributed by atoms with van der Waals surface area (Å²) in [4.78, 5) is 36.8. The number of fused-ring (bicyclic) bond motifs is 3. The van der Waals surface area contributed by atoms with Gasteiger partial charge in [-0.3, -0.25) is 4.79 Å². The average molecular weight is 438 g/mol. The Morgan fingerprint density at radius 1 is 1.12 bits per heavy atom. The molecule has 0 aromatic heterocycles. The quantitative estimate of drug-likeness (QED) is 0.612. The summed E-state index contributed by atoms with van der Waals surface area (Å²) in [6.45, 7) is 2.01. The second-order valence-electron chi connectivity index (χ2n) is 8.11. The Bertz CT molecular complexity index is 985. The van der Waals surface area contributed by atoms with Gasteiger partial charge in [-0.05, 0) is 28.7 Å². The zero-order valence-corrected chi connectivity index (χ0v) is 17.8. The molecule has 32 heavy (non-hydrogen) atoms. The summed E-state index contributed by atoms with van der Waals surface area (Å²) in [6, 6.07) is 15.1. The number of hydrogen-bond acceptors (Lipinski definition) is 5. The molecule has 2 aliphatic rings. The van der Waals surface area contributed by atoms with E-state index in [4.69, 9.17) is 9.47 Å². The Balaban J connectivity index is 1.39. The molecule has 3 N–H and O–H groups in total. The van der Waals surface area contributed by atoms with E-state index in [0.29, 0.717) is 0 Å². The number of hydrogen-bond donors (Lipinski definition) is 3. The van der Waals surface area contributed by atoms with Crippen LogP contribution in [0.25, 0.3) is 11.1 Å². The van der Waals surface area contributed by atoms with Gasteiger partial charge in [-0.25, -0.2) is 9.59 Å². The molecule has 2 aromatic carbocycles. The zero-order chi connectivity index (χ0) is 22.7. The summed E-state index contributed by atoms with van der Waals surface area (Å²) < 4.78 is 10.7. The molecule has 4 rings (SSSR count). The number of ether oxygens (including phenoxy) is 2. The van der Waals surface area contributed by atoms with Gasteiger partial charge in [0.1, 0.15) is 12.6 Å². The van der Waals surface area contributed by atoms with E-state index in [2.05, 4.69) is 22.8 Å². The molecule has 8 heteroatoms. The van der Waals surface area contributed by atoms with E-state index in [0.717, 1.165) is 22.3 Å². The predicted octanol–water partition coefficient (Wildman–Crippen LogP) is 2.66. The Kier molecular flexibility index (Phi) is 6.14. The fraction of sp³-hybridized carbons (Fsp3) is 0.375. The minimum Gasteiger partial charge on any atom is -0.479 e. The number of nitrogens with one attached hydrogen (secondary N) is 2. The number of carboxylic acids is 1. The number of carbonyl (C=O) groups excluding carboxylic acids is 2. The van der Waals surface area contributed by atoms with Gasteiger partial charge in [-0.1, -0.05) is 55.5 Å². The van der Waals surface area contributed by atoms with Gasteiger partial charge in [-0.15, -0.1) is 0 Å². The van der Waals surface area contributed by atoms with Crippen molar-refractivity contribution in [1.29, 1.82) is 0 Å². The lowest BCUT2D eigenvalue weighted by molar-refractivity contribution is -0.148. The molecule has 1 aliphatic carbocycles. The molecule has 1 unspecified atom stereocenters. The molecule has 0 radical (unpaired) electrons. The number of benzene rings is 2. The number of carboxylic acid groups (broad SMARTS) is 1. The van der Waals surface area contributed by atoms with Crippen molar-refractivity contribution in [2.24, 2.45) is 0 Å². The highest BCUT2D eigenvalue weighted by molar-refractivity contribution is 5.91.